The van der Waals surface area contributed by atoms with Gasteiger partial charge in [-0.05, 0) is 151 Å². The number of benzene rings is 3. The standard InChI is InChI=1S/C53H63N3O7S2/c54-51(55)43-26-37-4-3-5-46-41(14-22-56-46)49(62)28-44-42(37)27-38(43)33-65-64-32-36-12-18-53(29-36,21-20-52(16-1-2-17-52)30-40(59)31-57)19-13-39(58)9-6-34-8-11-48(61)50(25-34)63-23-15-35-7-10-47(60)45(44)24-35/h7-8,10-11,13-14,19,22,24-27,36,40,44,51,57,59-62H,1-2,5-6,9,12,15-18,20-21,23,28-33,54-55H2/p-1/b19-13+,49-41?/t36-,40-,44+,53-/m0/s1. The number of hydrogen-bond donors (Lipinski definition) is 6. The molecule has 2 heterocycles. The highest BCUT2D eigenvalue weighted by molar-refractivity contribution is 8.76. The van der Waals surface area contributed by atoms with Gasteiger partial charge in [0.2, 0.25) is 0 Å². The number of aliphatic imine (C=N–C) groups is 1. The molecule has 5 aliphatic rings. The second-order valence-electron chi connectivity index (χ2n) is 19.0. The van der Waals surface area contributed by atoms with Crippen molar-refractivity contribution in [3.05, 3.63) is 123 Å². The number of carbonyl (C=O) groups is 1. The van der Waals surface area contributed by atoms with Crippen LogP contribution in [0, 0.1) is 28.6 Å². The van der Waals surface area contributed by atoms with E-state index in [9.17, 15) is 30.3 Å². The van der Waals surface area contributed by atoms with Crippen LogP contribution in [0.4, 0.5) is 0 Å². The van der Waals surface area contributed by atoms with E-state index >= 15 is 0 Å². The number of fused-ring (bicyclic) bond motifs is 9. The number of ketones is 1. The second-order valence-corrected chi connectivity index (χ2v) is 21.5. The maximum atomic E-state index is 14.2. The SMILES string of the molecule is NC(N)c1cc2c3cc1CSSC[C@H]1CC[C@@](CCC4(C[C@H](O)CO)CCCC4)(/C=C/C(=O)CCc4ccc(O)c(c4)OCCc4ccc(O)c(c4)[C@@H]3CC([O-])=C3C=CN=C3CC#C2)C1. The van der Waals surface area contributed by atoms with E-state index in [2.05, 4.69) is 29.0 Å². The van der Waals surface area contributed by atoms with E-state index in [-0.39, 0.29) is 53.5 Å². The minimum absolute atomic E-state index is 0.00337. The van der Waals surface area contributed by atoms with Crippen molar-refractivity contribution in [3.63, 3.8) is 0 Å². The molecule has 8 rings (SSSR count). The predicted octanol–water partition coefficient (Wildman–Crippen LogP) is 8.32. The maximum Gasteiger partial charge on any atom is 0.161 e. The molecule has 0 radical (unpaired) electrons. The number of aliphatic hydroxyl groups is 2. The number of phenolic OH excluding ortho intramolecular Hbond substituents is 2. The highest BCUT2D eigenvalue weighted by Gasteiger charge is 2.42. The first-order valence-corrected chi connectivity index (χ1v) is 25.7. The number of phenols is 2. The Morgan fingerprint density at radius 2 is 1.74 bits per heavy atom. The Labute approximate surface area is 391 Å². The zero-order chi connectivity index (χ0) is 45.6. The molecule has 0 unspecified atom stereocenters. The molecule has 8 N–H and O–H groups in total. The predicted molar refractivity (Wildman–Crippen MR) is 258 cm³/mol. The van der Waals surface area contributed by atoms with Crippen molar-refractivity contribution in [2.24, 2.45) is 33.2 Å². The van der Waals surface area contributed by atoms with Crippen LogP contribution in [0.15, 0.2) is 89.3 Å². The van der Waals surface area contributed by atoms with Crippen LogP contribution in [-0.2, 0) is 23.4 Å². The third kappa shape index (κ3) is 11.4. The molecule has 0 aromatic heterocycles. The Bertz CT molecular complexity index is 2430. The van der Waals surface area contributed by atoms with Crippen LogP contribution >= 0.6 is 21.6 Å². The third-order valence-corrected chi connectivity index (χ3v) is 16.9. The number of nitrogens with two attached hydrogens (primary N) is 2. The molecule has 0 saturated heterocycles. The van der Waals surface area contributed by atoms with Gasteiger partial charge in [0.15, 0.2) is 17.3 Å². The van der Waals surface area contributed by atoms with Crippen molar-refractivity contribution >= 4 is 33.1 Å². The van der Waals surface area contributed by atoms with Gasteiger partial charge < -0.3 is 41.7 Å². The summed E-state index contributed by atoms with van der Waals surface area (Å²) in [5.41, 5.74) is 19.6. The first kappa shape index (κ1) is 47.0. The first-order valence-electron chi connectivity index (χ1n) is 23.2. The topological polar surface area (TPSA) is 195 Å². The number of nitrogens with zero attached hydrogens (tertiary/aromatic N) is 1. The summed E-state index contributed by atoms with van der Waals surface area (Å²) in [5.74, 6) is 8.45. The van der Waals surface area contributed by atoms with Crippen molar-refractivity contribution in [2.75, 3.05) is 19.0 Å². The minimum atomic E-state index is -0.763. The van der Waals surface area contributed by atoms with Crippen LogP contribution in [0.5, 0.6) is 17.2 Å². The number of aliphatic hydroxyl groups excluding tert-OH is 2. The minimum Gasteiger partial charge on any atom is -0.875 e. The van der Waals surface area contributed by atoms with Gasteiger partial charge >= 0.3 is 0 Å². The largest absolute Gasteiger partial charge is 0.875 e. The summed E-state index contributed by atoms with van der Waals surface area (Å²) in [6.45, 7) is 0.00776. The van der Waals surface area contributed by atoms with Crippen molar-refractivity contribution in [3.8, 4) is 29.1 Å². The van der Waals surface area contributed by atoms with Crippen LogP contribution in [0.1, 0.15) is 134 Å². The summed E-state index contributed by atoms with van der Waals surface area (Å²) in [6, 6.07) is 14.7. The summed E-state index contributed by atoms with van der Waals surface area (Å²) in [5, 5.41) is 56.8. The Morgan fingerprint density at radius 1 is 0.938 bits per heavy atom. The van der Waals surface area contributed by atoms with Gasteiger partial charge in [-0.15, -0.1) is 5.76 Å². The molecule has 8 bridgehead atoms. The van der Waals surface area contributed by atoms with Crippen LogP contribution < -0.4 is 21.3 Å². The summed E-state index contributed by atoms with van der Waals surface area (Å²) < 4.78 is 6.16. The van der Waals surface area contributed by atoms with E-state index in [0.29, 0.717) is 71.9 Å². The average molecular weight is 917 g/mol. The van der Waals surface area contributed by atoms with Crippen LogP contribution in [0.3, 0.4) is 0 Å². The molecule has 10 nitrogen and oxygen atoms in total. The van der Waals surface area contributed by atoms with Gasteiger partial charge in [0.1, 0.15) is 5.75 Å². The lowest BCUT2D eigenvalue weighted by Gasteiger charge is -2.35. The monoisotopic (exact) mass is 916 g/mol. The van der Waals surface area contributed by atoms with E-state index < -0.39 is 18.2 Å². The Hall–Kier alpha value is -4.48. The smallest absolute Gasteiger partial charge is 0.161 e. The fraction of sp³-hybridized carbons (Fsp3) is 0.472. The van der Waals surface area contributed by atoms with Gasteiger partial charge in [0.05, 0.1) is 37.6 Å². The van der Waals surface area contributed by atoms with Crippen LogP contribution in [0.2, 0.25) is 0 Å². The average Bonchev–Trinajstić information content (AvgIpc) is 4.07. The highest BCUT2D eigenvalue weighted by Crippen LogP contribution is 2.54. The van der Waals surface area contributed by atoms with Crippen molar-refractivity contribution in [1.29, 1.82) is 0 Å². The Morgan fingerprint density at radius 3 is 2.54 bits per heavy atom. The van der Waals surface area contributed by atoms with Crippen molar-refractivity contribution in [1.82, 2.24) is 0 Å². The molecule has 344 valence electrons. The van der Waals surface area contributed by atoms with E-state index in [4.69, 9.17) is 16.2 Å². The van der Waals surface area contributed by atoms with E-state index in [1.807, 2.05) is 41.1 Å². The van der Waals surface area contributed by atoms with Crippen molar-refractivity contribution in [2.45, 2.75) is 120 Å². The van der Waals surface area contributed by atoms with Gasteiger partial charge in [-0.3, -0.25) is 9.79 Å². The molecular formula is C53H62N3O7S2-. The third-order valence-electron chi connectivity index (χ3n) is 14.5. The number of allylic oxidation sites excluding steroid dienone is 5. The Balaban J connectivity index is 1.13. The van der Waals surface area contributed by atoms with Crippen LogP contribution in [0.25, 0.3) is 0 Å². The molecule has 0 spiro atoms. The lowest BCUT2D eigenvalue weighted by molar-refractivity contribution is -0.307. The van der Waals surface area contributed by atoms with Gasteiger partial charge in [-0.2, -0.15) is 0 Å². The quantitative estimate of drug-likeness (QED) is 0.0758. The van der Waals surface area contributed by atoms with Gasteiger partial charge in [0.25, 0.3) is 0 Å². The summed E-state index contributed by atoms with van der Waals surface area (Å²) in [6.07, 6.45) is 17.5. The summed E-state index contributed by atoms with van der Waals surface area (Å²) in [7, 11) is 3.59. The number of hydrogen-bond acceptors (Lipinski definition) is 12. The van der Waals surface area contributed by atoms with Gasteiger partial charge in [-0.1, -0.05) is 76.6 Å². The van der Waals surface area contributed by atoms with Crippen molar-refractivity contribution < 1.29 is 35.1 Å². The number of rotatable bonds is 7. The van der Waals surface area contributed by atoms with Gasteiger partial charge in [-0.25, -0.2) is 0 Å². The fourth-order valence-corrected chi connectivity index (χ4v) is 13.4. The number of carbonyl (C=O) groups excluding carboxylic acids is 1. The number of aromatic hydroxyl groups is 2. The van der Waals surface area contributed by atoms with Crippen LogP contribution in [-0.4, -0.2) is 57.0 Å². The van der Waals surface area contributed by atoms with E-state index in [1.165, 1.54) is 0 Å². The molecule has 2 aliphatic heterocycles. The molecule has 0 amide bonds. The second kappa shape index (κ2) is 21.0. The Kier molecular flexibility index (Phi) is 15.2. The number of aryl methyl sites for hydroxylation is 1. The maximum absolute atomic E-state index is 14.2. The molecule has 3 aromatic carbocycles. The fourth-order valence-electron chi connectivity index (χ4n) is 10.8. The molecular weight excluding hydrogens is 855 g/mol. The number of ether oxygens (including phenoxy) is 1. The molecule has 4 atom stereocenters. The zero-order valence-electron chi connectivity index (χ0n) is 37.1. The first-order chi connectivity index (χ1) is 31.4. The molecule has 3 aromatic rings. The molecule has 3 aliphatic carbocycles. The lowest BCUT2D eigenvalue weighted by Crippen LogP contribution is -2.28. The molecule has 12 heteroatoms. The van der Waals surface area contributed by atoms with Gasteiger partial charge in [0, 0.05) is 47.6 Å². The highest BCUT2D eigenvalue weighted by atomic mass is 33.1. The van der Waals surface area contributed by atoms with E-state index in [1.54, 1.807) is 41.3 Å². The summed E-state index contributed by atoms with van der Waals surface area (Å²) in [4.78, 5) is 18.0. The summed E-state index contributed by atoms with van der Waals surface area (Å²) >= 11 is 0. The molecule has 2 fully saturated rings. The molecule has 2 saturated carbocycles. The lowest BCUT2D eigenvalue weighted by atomic mass is 9.70. The molecule has 65 heavy (non-hydrogen) atoms. The normalized spacial score (nSPS) is 24.5. The zero-order valence-corrected chi connectivity index (χ0v) is 38.7. The van der Waals surface area contributed by atoms with E-state index in [0.717, 1.165) is 91.4 Å².